The number of carbonyl (C=O) groups is 1. The van der Waals surface area contributed by atoms with Crippen LogP contribution in [-0.2, 0) is 0 Å². The fraction of sp³-hybridized carbons (Fsp3) is 0. The van der Waals surface area contributed by atoms with Crippen LogP contribution in [0, 0.1) is 11.6 Å². The molecule has 3 aromatic rings. The zero-order chi connectivity index (χ0) is 14.1. The number of esters is 1. The average Bonchev–Trinajstić information content (AvgIpc) is 2.82. The maximum atomic E-state index is 13.5. The van der Waals surface area contributed by atoms with Crippen molar-refractivity contribution in [3.8, 4) is 5.88 Å². The van der Waals surface area contributed by atoms with Gasteiger partial charge in [0.15, 0.2) is 0 Å². The van der Waals surface area contributed by atoms with Gasteiger partial charge in [-0.15, -0.1) is 0 Å². The number of hydrogen-bond donors (Lipinski definition) is 0. The van der Waals surface area contributed by atoms with Crippen LogP contribution in [0.1, 0.15) is 10.4 Å². The SMILES string of the molecule is O=C(Oc1n[se]c2ccccc12)c1c(F)cccc1F. The third-order valence-corrected chi connectivity index (χ3v) is 4.40. The van der Waals surface area contributed by atoms with E-state index in [2.05, 4.69) is 3.98 Å². The van der Waals surface area contributed by atoms with Crippen LogP contribution in [-0.4, -0.2) is 24.7 Å². The van der Waals surface area contributed by atoms with Crippen LogP contribution in [0.25, 0.3) is 9.65 Å². The van der Waals surface area contributed by atoms with E-state index in [4.69, 9.17) is 4.74 Å². The normalized spacial score (nSPS) is 10.7. The first-order chi connectivity index (χ1) is 9.66. The predicted octanol–water partition coefficient (Wildman–Crippen LogP) is 2.79. The first-order valence-electron chi connectivity index (χ1n) is 5.67. The van der Waals surface area contributed by atoms with Crippen molar-refractivity contribution >= 4 is 30.3 Å². The molecule has 0 radical (unpaired) electrons. The van der Waals surface area contributed by atoms with Crippen molar-refractivity contribution in [1.82, 2.24) is 3.98 Å². The van der Waals surface area contributed by atoms with Crippen LogP contribution in [0.3, 0.4) is 0 Å². The van der Waals surface area contributed by atoms with Crippen LogP contribution in [0.5, 0.6) is 5.88 Å². The second-order valence-electron chi connectivity index (χ2n) is 3.97. The van der Waals surface area contributed by atoms with Crippen molar-refractivity contribution in [3.63, 3.8) is 0 Å². The molecule has 3 nitrogen and oxygen atoms in total. The molecule has 2 aromatic carbocycles. The van der Waals surface area contributed by atoms with E-state index in [0.29, 0.717) is 5.39 Å². The first-order valence-corrected chi connectivity index (χ1v) is 7.29. The monoisotopic (exact) mass is 339 g/mol. The van der Waals surface area contributed by atoms with Crippen molar-refractivity contribution in [1.29, 1.82) is 0 Å². The summed E-state index contributed by atoms with van der Waals surface area (Å²) in [6, 6.07) is 10.5. The van der Waals surface area contributed by atoms with Crippen molar-refractivity contribution < 1.29 is 18.3 Å². The number of benzene rings is 2. The summed E-state index contributed by atoms with van der Waals surface area (Å²) in [6.45, 7) is 0. The molecule has 100 valence electrons. The number of nitrogens with zero attached hydrogens (tertiary/aromatic N) is 1. The Morgan fingerprint density at radius 3 is 2.50 bits per heavy atom. The summed E-state index contributed by atoms with van der Waals surface area (Å²) in [5.41, 5.74) is -0.702. The van der Waals surface area contributed by atoms with E-state index in [9.17, 15) is 13.6 Å². The van der Waals surface area contributed by atoms with Crippen LogP contribution >= 0.6 is 0 Å². The van der Waals surface area contributed by atoms with Gasteiger partial charge in [-0.2, -0.15) is 0 Å². The van der Waals surface area contributed by atoms with E-state index in [1.807, 2.05) is 12.1 Å². The number of carbonyl (C=O) groups excluding carboxylic acids is 1. The summed E-state index contributed by atoms with van der Waals surface area (Å²) >= 11 is -0.181. The van der Waals surface area contributed by atoms with Crippen molar-refractivity contribution in [2.45, 2.75) is 0 Å². The molecule has 0 aliphatic heterocycles. The minimum absolute atomic E-state index is 0.119. The molecule has 0 aliphatic carbocycles. The maximum absolute atomic E-state index is 13.5. The van der Waals surface area contributed by atoms with Crippen LogP contribution in [0.2, 0.25) is 0 Å². The summed E-state index contributed by atoms with van der Waals surface area (Å²) in [7, 11) is 0. The van der Waals surface area contributed by atoms with Gasteiger partial charge < -0.3 is 0 Å². The van der Waals surface area contributed by atoms with Gasteiger partial charge in [-0.1, -0.05) is 0 Å². The summed E-state index contributed by atoms with van der Waals surface area (Å²) in [5.74, 6) is -2.86. The topological polar surface area (TPSA) is 39.2 Å². The van der Waals surface area contributed by atoms with E-state index in [-0.39, 0.29) is 20.6 Å². The van der Waals surface area contributed by atoms with Gasteiger partial charge in [0.1, 0.15) is 0 Å². The number of halogens is 2. The summed E-state index contributed by atoms with van der Waals surface area (Å²) in [5, 5.41) is 0.692. The zero-order valence-electron chi connectivity index (χ0n) is 9.97. The molecule has 1 aromatic heterocycles. The standard InChI is InChI=1S/C14H7F2NO2Se/c15-9-5-3-6-10(16)12(9)14(18)19-13-8-4-1-2-7-11(8)20-17-13/h1-7H. The Kier molecular flexibility index (Phi) is 3.34. The van der Waals surface area contributed by atoms with Gasteiger partial charge in [0.25, 0.3) is 0 Å². The third-order valence-electron chi connectivity index (χ3n) is 2.70. The molecule has 0 atom stereocenters. The van der Waals surface area contributed by atoms with E-state index in [0.717, 1.165) is 16.4 Å². The van der Waals surface area contributed by atoms with Crippen LogP contribution < -0.4 is 4.74 Å². The molecule has 1 heterocycles. The Morgan fingerprint density at radius 2 is 1.75 bits per heavy atom. The number of rotatable bonds is 2. The van der Waals surface area contributed by atoms with Gasteiger partial charge in [0, 0.05) is 0 Å². The van der Waals surface area contributed by atoms with Crippen LogP contribution in [0.15, 0.2) is 42.5 Å². The van der Waals surface area contributed by atoms with Crippen LogP contribution in [0.4, 0.5) is 8.78 Å². The number of fused-ring (bicyclic) bond motifs is 1. The van der Waals surface area contributed by atoms with E-state index < -0.39 is 23.2 Å². The molecule has 6 heteroatoms. The summed E-state index contributed by atoms with van der Waals surface area (Å²) < 4.78 is 37.1. The second-order valence-corrected chi connectivity index (χ2v) is 5.66. The molecule has 3 rings (SSSR count). The van der Waals surface area contributed by atoms with Gasteiger partial charge >= 0.3 is 118 Å². The van der Waals surface area contributed by atoms with E-state index >= 15 is 0 Å². The molecule has 20 heavy (non-hydrogen) atoms. The Morgan fingerprint density at radius 1 is 1.05 bits per heavy atom. The molecular formula is C14H7F2NO2Se. The Balaban J connectivity index is 1.97. The molecule has 0 unspecified atom stereocenters. The fourth-order valence-electron chi connectivity index (χ4n) is 1.77. The molecule has 0 bridgehead atoms. The molecule has 0 saturated carbocycles. The van der Waals surface area contributed by atoms with Crippen molar-refractivity contribution in [2.24, 2.45) is 0 Å². The van der Waals surface area contributed by atoms with Gasteiger partial charge in [-0.25, -0.2) is 0 Å². The molecule has 0 amide bonds. The molecule has 0 fully saturated rings. The van der Waals surface area contributed by atoms with Gasteiger partial charge in [0.2, 0.25) is 0 Å². The molecule has 0 spiro atoms. The first kappa shape index (κ1) is 13.0. The second kappa shape index (κ2) is 5.15. The molecule has 0 saturated heterocycles. The predicted molar refractivity (Wildman–Crippen MR) is 70.0 cm³/mol. The fourth-order valence-corrected chi connectivity index (χ4v) is 3.26. The van der Waals surface area contributed by atoms with Gasteiger partial charge in [0.05, 0.1) is 0 Å². The average molecular weight is 338 g/mol. The zero-order valence-corrected chi connectivity index (χ0v) is 11.7. The Bertz CT molecular complexity index is 780. The number of ether oxygens (including phenoxy) is 1. The van der Waals surface area contributed by atoms with Gasteiger partial charge in [-0.05, 0) is 0 Å². The van der Waals surface area contributed by atoms with E-state index in [1.54, 1.807) is 12.1 Å². The summed E-state index contributed by atoms with van der Waals surface area (Å²) in [4.78, 5) is 11.9. The number of aromatic nitrogens is 1. The molecule has 0 aliphatic rings. The molecular weight excluding hydrogens is 331 g/mol. The van der Waals surface area contributed by atoms with Crippen molar-refractivity contribution in [2.75, 3.05) is 0 Å². The Labute approximate surface area is 118 Å². The summed E-state index contributed by atoms with van der Waals surface area (Å²) in [6.07, 6.45) is 0. The van der Waals surface area contributed by atoms with Gasteiger partial charge in [-0.3, -0.25) is 0 Å². The number of hydrogen-bond acceptors (Lipinski definition) is 3. The molecule has 0 N–H and O–H groups in total. The van der Waals surface area contributed by atoms with E-state index in [1.165, 1.54) is 6.07 Å². The Hall–Kier alpha value is -2.04. The minimum atomic E-state index is -1.08. The quantitative estimate of drug-likeness (QED) is 0.533. The van der Waals surface area contributed by atoms with Crippen molar-refractivity contribution in [3.05, 3.63) is 59.7 Å². The third kappa shape index (κ3) is 2.24.